The van der Waals surface area contributed by atoms with Crippen LogP contribution in [0.1, 0.15) is 39.5 Å². The molecule has 0 aliphatic carbocycles. The molecule has 0 spiro atoms. The Balaban J connectivity index is 2.42. The topological polar surface area (TPSA) is 63.4 Å². The Bertz CT molecular complexity index is 261. The molecule has 4 heteroatoms. The predicted molar refractivity (Wildman–Crippen MR) is 58.0 cm³/mol. The second-order valence-corrected chi connectivity index (χ2v) is 4.76. The Morgan fingerprint density at radius 2 is 1.93 bits per heavy atom. The normalized spacial score (nSPS) is 20.1. The van der Waals surface area contributed by atoms with Crippen molar-refractivity contribution in [2.75, 3.05) is 13.1 Å². The fourth-order valence-electron chi connectivity index (χ4n) is 1.84. The molecule has 0 aromatic heterocycles. The number of unbranched alkanes of at least 4 members (excludes halogenated alkanes) is 2. The number of hydrogen-bond acceptors (Lipinski definition) is 3. The van der Waals surface area contributed by atoms with E-state index in [0.29, 0.717) is 19.5 Å². The molecular formula is C11H20N2O2. The van der Waals surface area contributed by atoms with E-state index in [2.05, 4.69) is 0 Å². The first-order valence-corrected chi connectivity index (χ1v) is 5.54. The molecule has 1 fully saturated rings. The molecule has 0 atom stereocenters. The number of imide groups is 1. The molecule has 2 amide bonds. The fraction of sp³-hybridized carbons (Fsp3) is 0.818. The average Bonchev–Trinajstić information content (AvgIpc) is 2.33. The van der Waals surface area contributed by atoms with E-state index in [4.69, 9.17) is 5.73 Å². The average molecular weight is 212 g/mol. The van der Waals surface area contributed by atoms with E-state index in [-0.39, 0.29) is 11.8 Å². The second kappa shape index (κ2) is 4.75. The highest BCUT2D eigenvalue weighted by molar-refractivity contribution is 6.05. The molecule has 86 valence electrons. The van der Waals surface area contributed by atoms with Crippen molar-refractivity contribution in [2.24, 2.45) is 11.1 Å². The third-order valence-electron chi connectivity index (χ3n) is 2.80. The zero-order chi connectivity index (χ0) is 11.5. The highest BCUT2D eigenvalue weighted by Crippen LogP contribution is 2.31. The summed E-state index contributed by atoms with van der Waals surface area (Å²) in [5.41, 5.74) is 4.88. The van der Waals surface area contributed by atoms with E-state index in [9.17, 15) is 9.59 Å². The van der Waals surface area contributed by atoms with Crippen molar-refractivity contribution < 1.29 is 9.59 Å². The molecule has 15 heavy (non-hydrogen) atoms. The molecule has 0 unspecified atom stereocenters. The molecule has 0 radical (unpaired) electrons. The zero-order valence-corrected chi connectivity index (χ0v) is 9.58. The van der Waals surface area contributed by atoms with Crippen LogP contribution >= 0.6 is 0 Å². The van der Waals surface area contributed by atoms with Gasteiger partial charge in [0.15, 0.2) is 0 Å². The number of carbonyl (C=O) groups excluding carboxylic acids is 2. The van der Waals surface area contributed by atoms with Gasteiger partial charge in [0.25, 0.3) is 0 Å². The minimum Gasteiger partial charge on any atom is -0.330 e. The number of likely N-dealkylation sites (tertiary alicyclic amines) is 1. The first-order chi connectivity index (χ1) is 6.99. The fourth-order valence-corrected chi connectivity index (χ4v) is 1.84. The van der Waals surface area contributed by atoms with Gasteiger partial charge in [-0.15, -0.1) is 0 Å². The van der Waals surface area contributed by atoms with Crippen LogP contribution in [-0.2, 0) is 9.59 Å². The summed E-state index contributed by atoms with van der Waals surface area (Å²) >= 11 is 0. The summed E-state index contributed by atoms with van der Waals surface area (Å²) in [5, 5.41) is 0. The summed E-state index contributed by atoms with van der Waals surface area (Å²) in [4.78, 5) is 24.7. The Hall–Kier alpha value is -0.900. The van der Waals surface area contributed by atoms with E-state index in [1.54, 1.807) is 0 Å². The van der Waals surface area contributed by atoms with Crippen LogP contribution in [0.5, 0.6) is 0 Å². The number of nitrogens with zero attached hydrogens (tertiary/aromatic N) is 1. The molecule has 0 aromatic rings. The quantitative estimate of drug-likeness (QED) is 0.544. The van der Waals surface area contributed by atoms with Crippen LogP contribution in [0.4, 0.5) is 0 Å². The number of nitrogens with two attached hydrogens (primary N) is 1. The second-order valence-electron chi connectivity index (χ2n) is 4.76. The SMILES string of the molecule is CC1(C)CC(=O)N(CCCCCN)C1=O. The van der Waals surface area contributed by atoms with Crippen molar-refractivity contribution in [2.45, 2.75) is 39.5 Å². The summed E-state index contributed by atoms with van der Waals surface area (Å²) in [6.45, 7) is 4.88. The summed E-state index contributed by atoms with van der Waals surface area (Å²) in [7, 11) is 0. The molecule has 1 aliphatic rings. The van der Waals surface area contributed by atoms with Gasteiger partial charge in [0.05, 0.1) is 5.41 Å². The molecule has 0 saturated carbocycles. The maximum absolute atomic E-state index is 11.8. The third kappa shape index (κ3) is 2.78. The summed E-state index contributed by atoms with van der Waals surface area (Å²) in [6.07, 6.45) is 3.15. The molecule has 2 N–H and O–H groups in total. The lowest BCUT2D eigenvalue weighted by atomic mass is 9.92. The van der Waals surface area contributed by atoms with Crippen LogP contribution in [0, 0.1) is 5.41 Å². The van der Waals surface area contributed by atoms with Crippen LogP contribution in [-0.4, -0.2) is 29.8 Å². The van der Waals surface area contributed by atoms with Gasteiger partial charge in [-0.05, 0) is 19.4 Å². The molecule has 1 aliphatic heterocycles. The van der Waals surface area contributed by atoms with E-state index >= 15 is 0 Å². The smallest absolute Gasteiger partial charge is 0.235 e. The van der Waals surface area contributed by atoms with Crippen LogP contribution < -0.4 is 5.73 Å². The van der Waals surface area contributed by atoms with Gasteiger partial charge in [-0.3, -0.25) is 14.5 Å². The number of amides is 2. The van der Waals surface area contributed by atoms with Crippen molar-refractivity contribution in [3.05, 3.63) is 0 Å². The van der Waals surface area contributed by atoms with E-state index in [1.807, 2.05) is 13.8 Å². The van der Waals surface area contributed by atoms with Crippen LogP contribution in [0.3, 0.4) is 0 Å². The molecule has 0 bridgehead atoms. The van der Waals surface area contributed by atoms with Crippen molar-refractivity contribution in [1.82, 2.24) is 4.90 Å². The third-order valence-corrected chi connectivity index (χ3v) is 2.80. The van der Waals surface area contributed by atoms with E-state index < -0.39 is 5.41 Å². The first-order valence-electron chi connectivity index (χ1n) is 5.54. The standard InChI is InChI=1S/C11H20N2O2/c1-11(2)8-9(14)13(10(11)15)7-5-3-4-6-12/h3-8,12H2,1-2H3. The Labute approximate surface area is 90.8 Å². The predicted octanol–water partition coefficient (Wildman–Crippen LogP) is 0.900. The van der Waals surface area contributed by atoms with Crippen molar-refractivity contribution in [3.8, 4) is 0 Å². The summed E-state index contributed by atoms with van der Waals surface area (Å²) in [5.74, 6) is -0.0574. The Morgan fingerprint density at radius 1 is 1.27 bits per heavy atom. The zero-order valence-electron chi connectivity index (χ0n) is 9.58. The Kier molecular flexibility index (Phi) is 3.85. The summed E-state index contributed by atoms with van der Waals surface area (Å²) < 4.78 is 0. The molecule has 0 aromatic carbocycles. The van der Waals surface area contributed by atoms with Gasteiger partial charge in [0.1, 0.15) is 0 Å². The van der Waals surface area contributed by atoms with Crippen LogP contribution in [0.25, 0.3) is 0 Å². The van der Waals surface area contributed by atoms with Gasteiger partial charge in [0.2, 0.25) is 11.8 Å². The van der Waals surface area contributed by atoms with Crippen molar-refractivity contribution in [1.29, 1.82) is 0 Å². The molecule has 1 heterocycles. The van der Waals surface area contributed by atoms with Gasteiger partial charge in [-0.2, -0.15) is 0 Å². The van der Waals surface area contributed by atoms with Gasteiger partial charge in [0, 0.05) is 13.0 Å². The van der Waals surface area contributed by atoms with Gasteiger partial charge in [-0.1, -0.05) is 20.3 Å². The number of rotatable bonds is 5. The highest BCUT2D eigenvalue weighted by atomic mass is 16.2. The molecule has 4 nitrogen and oxygen atoms in total. The maximum atomic E-state index is 11.8. The molecule has 1 rings (SSSR count). The minimum atomic E-state index is -0.495. The lowest BCUT2D eigenvalue weighted by Crippen LogP contribution is -2.33. The first kappa shape index (κ1) is 12.2. The lowest BCUT2D eigenvalue weighted by Gasteiger charge is -2.17. The van der Waals surface area contributed by atoms with E-state index in [0.717, 1.165) is 19.3 Å². The van der Waals surface area contributed by atoms with E-state index in [1.165, 1.54) is 4.90 Å². The highest BCUT2D eigenvalue weighted by Gasteiger charge is 2.44. The monoisotopic (exact) mass is 212 g/mol. The minimum absolute atomic E-state index is 0.0275. The van der Waals surface area contributed by atoms with Crippen molar-refractivity contribution >= 4 is 11.8 Å². The van der Waals surface area contributed by atoms with Crippen molar-refractivity contribution in [3.63, 3.8) is 0 Å². The van der Waals surface area contributed by atoms with Crippen LogP contribution in [0.15, 0.2) is 0 Å². The molecular weight excluding hydrogens is 192 g/mol. The van der Waals surface area contributed by atoms with Gasteiger partial charge >= 0.3 is 0 Å². The summed E-state index contributed by atoms with van der Waals surface area (Å²) in [6, 6.07) is 0. The Morgan fingerprint density at radius 3 is 2.40 bits per heavy atom. The largest absolute Gasteiger partial charge is 0.330 e. The number of carbonyl (C=O) groups is 2. The molecule has 1 saturated heterocycles. The number of hydrogen-bond donors (Lipinski definition) is 1. The van der Waals surface area contributed by atoms with Crippen LogP contribution in [0.2, 0.25) is 0 Å². The van der Waals surface area contributed by atoms with Gasteiger partial charge in [-0.25, -0.2) is 0 Å². The maximum Gasteiger partial charge on any atom is 0.235 e. The lowest BCUT2D eigenvalue weighted by molar-refractivity contribution is -0.140. The van der Waals surface area contributed by atoms with Gasteiger partial charge < -0.3 is 5.73 Å².